The Morgan fingerprint density at radius 1 is 1.38 bits per heavy atom. The van der Waals surface area contributed by atoms with Crippen molar-refractivity contribution in [3.05, 3.63) is 15.6 Å². The first-order valence-corrected chi connectivity index (χ1v) is 8.53. The molecule has 0 aromatic carbocycles. The molecule has 3 rings (SSSR count). The smallest absolute Gasteiger partial charge is 0.266 e. The lowest BCUT2D eigenvalue weighted by Gasteiger charge is -2.37. The number of carbonyl (C=O) groups excluding carboxylic acids is 1. The molecule has 2 aliphatic rings. The van der Waals surface area contributed by atoms with Crippen molar-refractivity contribution in [3.8, 4) is 0 Å². The summed E-state index contributed by atoms with van der Waals surface area (Å²) in [5.41, 5.74) is 0.847. The molecule has 5 nitrogen and oxygen atoms in total. The molecule has 2 saturated heterocycles. The molecule has 0 radical (unpaired) electrons. The van der Waals surface area contributed by atoms with Gasteiger partial charge in [-0.1, -0.05) is 6.92 Å². The summed E-state index contributed by atoms with van der Waals surface area (Å²) in [4.78, 5) is 20.1. The van der Waals surface area contributed by atoms with Gasteiger partial charge < -0.3 is 14.4 Å². The van der Waals surface area contributed by atoms with Gasteiger partial charge in [0, 0.05) is 6.54 Å². The molecule has 0 bridgehead atoms. The fourth-order valence-electron chi connectivity index (χ4n) is 3.02. The molecule has 1 atom stereocenters. The number of ether oxygens (including phenoxy) is 2. The van der Waals surface area contributed by atoms with Crippen molar-refractivity contribution in [2.45, 2.75) is 51.9 Å². The van der Waals surface area contributed by atoms with Crippen molar-refractivity contribution >= 4 is 17.2 Å². The van der Waals surface area contributed by atoms with Crippen LogP contribution in [0.4, 0.5) is 0 Å². The summed E-state index contributed by atoms with van der Waals surface area (Å²) in [7, 11) is 0. The van der Waals surface area contributed by atoms with Crippen LogP contribution < -0.4 is 0 Å². The summed E-state index contributed by atoms with van der Waals surface area (Å²) in [6.45, 7) is 6.03. The average Bonchev–Trinajstić information content (AvgIpc) is 3.16. The quantitative estimate of drug-likeness (QED) is 0.860. The molecule has 21 heavy (non-hydrogen) atoms. The Balaban J connectivity index is 1.81. The monoisotopic (exact) mass is 310 g/mol. The lowest BCUT2D eigenvalue weighted by molar-refractivity contribution is -0.100. The molecule has 0 aliphatic carbocycles. The number of thiazole rings is 1. The van der Waals surface area contributed by atoms with Crippen LogP contribution >= 0.6 is 11.3 Å². The Labute approximate surface area is 129 Å². The second kappa shape index (κ2) is 6.42. The number of rotatable bonds is 3. The molecule has 1 unspecified atom stereocenters. The van der Waals surface area contributed by atoms with Crippen LogP contribution in [0.15, 0.2) is 0 Å². The summed E-state index contributed by atoms with van der Waals surface area (Å²) in [6.07, 6.45) is 3.74. The number of piperidine rings is 1. The van der Waals surface area contributed by atoms with Crippen LogP contribution in [-0.2, 0) is 15.9 Å². The highest BCUT2D eigenvalue weighted by Crippen LogP contribution is 2.28. The van der Waals surface area contributed by atoms with Crippen molar-refractivity contribution in [2.75, 3.05) is 19.8 Å². The highest BCUT2D eigenvalue weighted by Gasteiger charge is 2.37. The van der Waals surface area contributed by atoms with Gasteiger partial charge >= 0.3 is 0 Å². The topological polar surface area (TPSA) is 51.7 Å². The second-order valence-electron chi connectivity index (χ2n) is 5.55. The highest BCUT2D eigenvalue weighted by atomic mass is 32.1. The molecule has 0 saturated carbocycles. The Kier molecular flexibility index (Phi) is 4.57. The van der Waals surface area contributed by atoms with Gasteiger partial charge in [-0.2, -0.15) is 0 Å². The van der Waals surface area contributed by atoms with Crippen molar-refractivity contribution in [3.63, 3.8) is 0 Å². The number of hydrogen-bond acceptors (Lipinski definition) is 5. The minimum Gasteiger partial charge on any atom is -0.348 e. The summed E-state index contributed by atoms with van der Waals surface area (Å²) in [6, 6.07) is 0.0420. The zero-order chi connectivity index (χ0) is 14.8. The van der Waals surface area contributed by atoms with E-state index in [4.69, 9.17) is 9.47 Å². The summed E-state index contributed by atoms with van der Waals surface area (Å²) < 4.78 is 11.3. The van der Waals surface area contributed by atoms with Crippen molar-refractivity contribution < 1.29 is 14.3 Å². The number of hydrogen-bond donors (Lipinski definition) is 0. The second-order valence-corrected chi connectivity index (χ2v) is 6.63. The SMILES string of the molecule is CCc1nc(C)c(C(=O)N2CCCCC2C2OCCO2)s1. The summed E-state index contributed by atoms with van der Waals surface area (Å²) in [5, 5.41) is 1.03. The molecular formula is C15H22N2O3S. The number of aromatic nitrogens is 1. The fourth-order valence-corrected chi connectivity index (χ4v) is 3.98. The predicted molar refractivity (Wildman–Crippen MR) is 80.6 cm³/mol. The van der Waals surface area contributed by atoms with E-state index in [1.807, 2.05) is 11.8 Å². The number of nitrogens with zero attached hydrogens (tertiary/aromatic N) is 2. The van der Waals surface area contributed by atoms with E-state index in [0.717, 1.165) is 47.8 Å². The molecule has 3 heterocycles. The number of likely N-dealkylation sites (tertiary alicyclic amines) is 1. The largest absolute Gasteiger partial charge is 0.348 e. The van der Waals surface area contributed by atoms with Crippen molar-refractivity contribution in [1.82, 2.24) is 9.88 Å². The normalized spacial score (nSPS) is 23.7. The Bertz CT molecular complexity index is 511. The van der Waals surface area contributed by atoms with Gasteiger partial charge in [0.25, 0.3) is 5.91 Å². The van der Waals surface area contributed by atoms with E-state index < -0.39 is 0 Å². The van der Waals surface area contributed by atoms with Gasteiger partial charge in [0.15, 0.2) is 6.29 Å². The number of carbonyl (C=O) groups is 1. The maximum Gasteiger partial charge on any atom is 0.266 e. The third-order valence-electron chi connectivity index (χ3n) is 4.11. The van der Waals surface area contributed by atoms with Crippen LogP contribution in [0, 0.1) is 6.92 Å². The zero-order valence-electron chi connectivity index (χ0n) is 12.6. The third-order valence-corrected chi connectivity index (χ3v) is 5.40. The third kappa shape index (κ3) is 2.98. The molecule has 1 amide bonds. The van der Waals surface area contributed by atoms with E-state index in [-0.39, 0.29) is 18.2 Å². The molecule has 0 spiro atoms. The van der Waals surface area contributed by atoms with Gasteiger partial charge in [-0.15, -0.1) is 11.3 Å². The molecule has 2 fully saturated rings. The van der Waals surface area contributed by atoms with E-state index >= 15 is 0 Å². The fraction of sp³-hybridized carbons (Fsp3) is 0.733. The van der Waals surface area contributed by atoms with E-state index in [0.29, 0.717) is 13.2 Å². The molecular weight excluding hydrogens is 288 g/mol. The zero-order valence-corrected chi connectivity index (χ0v) is 13.4. The first-order valence-electron chi connectivity index (χ1n) is 7.71. The number of aryl methyl sites for hydroxylation is 2. The summed E-state index contributed by atoms with van der Waals surface area (Å²) >= 11 is 1.52. The van der Waals surface area contributed by atoms with Crippen LogP contribution in [-0.4, -0.2) is 47.9 Å². The van der Waals surface area contributed by atoms with E-state index in [1.54, 1.807) is 0 Å². The van der Waals surface area contributed by atoms with E-state index in [2.05, 4.69) is 11.9 Å². The maximum atomic E-state index is 12.9. The minimum atomic E-state index is -0.256. The van der Waals surface area contributed by atoms with Gasteiger partial charge in [-0.3, -0.25) is 4.79 Å². The average molecular weight is 310 g/mol. The van der Waals surface area contributed by atoms with E-state index in [9.17, 15) is 4.79 Å². The van der Waals surface area contributed by atoms with E-state index in [1.165, 1.54) is 11.3 Å². The molecule has 0 N–H and O–H groups in total. The van der Waals surface area contributed by atoms with Crippen LogP contribution in [0.5, 0.6) is 0 Å². The lowest BCUT2D eigenvalue weighted by atomic mass is 10.0. The Morgan fingerprint density at radius 2 is 2.14 bits per heavy atom. The van der Waals surface area contributed by atoms with Gasteiger partial charge in [0.1, 0.15) is 4.88 Å². The van der Waals surface area contributed by atoms with Crippen molar-refractivity contribution in [2.24, 2.45) is 0 Å². The molecule has 1 aromatic rings. The van der Waals surface area contributed by atoms with Gasteiger partial charge in [0.2, 0.25) is 0 Å². The van der Waals surface area contributed by atoms with Crippen LogP contribution in [0.3, 0.4) is 0 Å². The highest BCUT2D eigenvalue weighted by molar-refractivity contribution is 7.13. The molecule has 1 aromatic heterocycles. The standard InChI is InChI=1S/C15H22N2O3S/c1-3-12-16-10(2)13(21-12)14(18)17-7-5-4-6-11(17)15-19-8-9-20-15/h11,15H,3-9H2,1-2H3. The van der Waals surface area contributed by atoms with Crippen LogP contribution in [0.1, 0.15) is 46.6 Å². The van der Waals surface area contributed by atoms with Crippen LogP contribution in [0.25, 0.3) is 0 Å². The van der Waals surface area contributed by atoms with Gasteiger partial charge in [0.05, 0.1) is 30.0 Å². The minimum absolute atomic E-state index is 0.0420. The Morgan fingerprint density at radius 3 is 2.81 bits per heavy atom. The van der Waals surface area contributed by atoms with Crippen LogP contribution in [0.2, 0.25) is 0 Å². The molecule has 116 valence electrons. The molecule has 2 aliphatic heterocycles. The lowest BCUT2D eigenvalue weighted by Crippen LogP contribution is -2.50. The number of amides is 1. The maximum absolute atomic E-state index is 12.9. The molecule has 6 heteroatoms. The summed E-state index contributed by atoms with van der Waals surface area (Å²) in [5.74, 6) is 0.0912. The first-order chi connectivity index (χ1) is 10.2. The Hall–Kier alpha value is -0.980. The predicted octanol–water partition coefficient (Wildman–Crippen LogP) is 2.38. The van der Waals surface area contributed by atoms with Gasteiger partial charge in [-0.25, -0.2) is 4.98 Å². The van der Waals surface area contributed by atoms with Crippen molar-refractivity contribution in [1.29, 1.82) is 0 Å². The first kappa shape index (κ1) is 14.9. The van der Waals surface area contributed by atoms with Gasteiger partial charge in [-0.05, 0) is 32.6 Å².